The van der Waals surface area contributed by atoms with Crippen LogP contribution in [0.1, 0.15) is 44.9 Å². The number of rotatable bonds is 2. The SMILES string of the molecule is COC1CCCC1NC1=NCCCCC1. The first kappa shape index (κ1) is 10.9. The first-order chi connectivity index (χ1) is 7.40. The van der Waals surface area contributed by atoms with Crippen molar-refractivity contribution in [3.05, 3.63) is 0 Å². The second-order valence-corrected chi connectivity index (χ2v) is 4.59. The highest BCUT2D eigenvalue weighted by atomic mass is 16.5. The topological polar surface area (TPSA) is 33.6 Å². The van der Waals surface area contributed by atoms with Crippen molar-refractivity contribution in [3.63, 3.8) is 0 Å². The Morgan fingerprint density at radius 2 is 2.13 bits per heavy atom. The summed E-state index contributed by atoms with van der Waals surface area (Å²) in [6, 6.07) is 0.506. The summed E-state index contributed by atoms with van der Waals surface area (Å²) in [5.74, 6) is 1.22. The zero-order chi connectivity index (χ0) is 10.5. The van der Waals surface area contributed by atoms with Crippen molar-refractivity contribution in [1.29, 1.82) is 0 Å². The third-order valence-corrected chi connectivity index (χ3v) is 3.48. The average Bonchev–Trinajstić information content (AvgIpc) is 2.53. The number of aliphatic imine (C=N–C) groups is 1. The molecule has 0 radical (unpaired) electrons. The van der Waals surface area contributed by atoms with E-state index in [0.29, 0.717) is 12.1 Å². The van der Waals surface area contributed by atoms with Crippen LogP contribution in [0.3, 0.4) is 0 Å². The van der Waals surface area contributed by atoms with Gasteiger partial charge in [-0.05, 0) is 32.1 Å². The van der Waals surface area contributed by atoms with E-state index in [1.807, 2.05) is 7.11 Å². The third-order valence-electron chi connectivity index (χ3n) is 3.48. The second-order valence-electron chi connectivity index (χ2n) is 4.59. The Bertz CT molecular complexity index is 228. The molecule has 1 fully saturated rings. The van der Waals surface area contributed by atoms with E-state index >= 15 is 0 Å². The number of nitrogens with zero attached hydrogens (tertiary/aromatic N) is 1. The van der Waals surface area contributed by atoms with Crippen LogP contribution in [0.4, 0.5) is 0 Å². The molecule has 0 saturated heterocycles. The Morgan fingerprint density at radius 1 is 1.20 bits per heavy atom. The maximum absolute atomic E-state index is 5.48. The van der Waals surface area contributed by atoms with Crippen LogP contribution in [0.25, 0.3) is 0 Å². The van der Waals surface area contributed by atoms with Crippen LogP contribution in [0.15, 0.2) is 4.99 Å². The summed E-state index contributed by atoms with van der Waals surface area (Å²) in [5, 5.41) is 3.58. The molecular weight excluding hydrogens is 188 g/mol. The zero-order valence-electron chi connectivity index (χ0n) is 9.67. The normalized spacial score (nSPS) is 32.2. The van der Waals surface area contributed by atoms with E-state index in [-0.39, 0.29) is 0 Å². The van der Waals surface area contributed by atoms with Gasteiger partial charge in [-0.25, -0.2) is 0 Å². The lowest BCUT2D eigenvalue weighted by Gasteiger charge is -2.21. The highest BCUT2D eigenvalue weighted by molar-refractivity contribution is 5.82. The fourth-order valence-corrected chi connectivity index (χ4v) is 2.58. The van der Waals surface area contributed by atoms with Crippen molar-refractivity contribution < 1.29 is 4.74 Å². The molecule has 0 aromatic carbocycles. The van der Waals surface area contributed by atoms with E-state index in [0.717, 1.165) is 13.0 Å². The lowest BCUT2D eigenvalue weighted by atomic mass is 10.1. The Hall–Kier alpha value is -0.570. The van der Waals surface area contributed by atoms with Crippen molar-refractivity contribution in [2.45, 2.75) is 57.1 Å². The van der Waals surface area contributed by atoms with Crippen LogP contribution in [-0.4, -0.2) is 31.6 Å². The summed E-state index contributed by atoms with van der Waals surface area (Å²) >= 11 is 0. The van der Waals surface area contributed by atoms with E-state index in [1.165, 1.54) is 44.4 Å². The largest absolute Gasteiger partial charge is 0.379 e. The van der Waals surface area contributed by atoms with Gasteiger partial charge in [-0.15, -0.1) is 0 Å². The molecule has 0 bridgehead atoms. The van der Waals surface area contributed by atoms with Crippen LogP contribution in [0.5, 0.6) is 0 Å². The zero-order valence-corrected chi connectivity index (χ0v) is 9.67. The molecule has 1 N–H and O–H groups in total. The molecule has 0 spiro atoms. The highest BCUT2D eigenvalue weighted by Gasteiger charge is 2.27. The van der Waals surface area contributed by atoms with Gasteiger partial charge in [-0.1, -0.05) is 6.42 Å². The minimum Gasteiger partial charge on any atom is -0.379 e. The summed E-state index contributed by atoms with van der Waals surface area (Å²) in [6.07, 6.45) is 9.11. The molecule has 2 aliphatic rings. The van der Waals surface area contributed by atoms with E-state index in [9.17, 15) is 0 Å². The molecule has 1 saturated carbocycles. The van der Waals surface area contributed by atoms with Crippen molar-refractivity contribution in [1.82, 2.24) is 5.32 Å². The van der Waals surface area contributed by atoms with Gasteiger partial charge in [0.05, 0.1) is 18.0 Å². The van der Waals surface area contributed by atoms with Crippen molar-refractivity contribution in [2.24, 2.45) is 4.99 Å². The molecule has 1 aliphatic carbocycles. The first-order valence-electron chi connectivity index (χ1n) is 6.23. The third kappa shape index (κ3) is 2.94. The molecule has 2 rings (SSSR count). The maximum Gasteiger partial charge on any atom is 0.0966 e. The van der Waals surface area contributed by atoms with E-state index in [4.69, 9.17) is 4.74 Å². The summed E-state index contributed by atoms with van der Waals surface area (Å²) in [7, 11) is 1.82. The molecule has 15 heavy (non-hydrogen) atoms. The minimum atomic E-state index is 0.399. The molecule has 1 aliphatic heterocycles. The van der Waals surface area contributed by atoms with Crippen molar-refractivity contribution >= 4 is 5.84 Å². The quantitative estimate of drug-likeness (QED) is 0.757. The molecule has 1 heterocycles. The number of hydrogen-bond donors (Lipinski definition) is 1. The standard InChI is InChI=1S/C12H22N2O/c1-15-11-7-5-6-10(11)14-12-8-3-2-4-9-13-12/h10-11H,2-9H2,1H3,(H,13,14). The predicted molar refractivity (Wildman–Crippen MR) is 62.3 cm³/mol. The molecule has 2 atom stereocenters. The van der Waals surface area contributed by atoms with E-state index in [1.54, 1.807) is 0 Å². The molecule has 0 amide bonds. The predicted octanol–water partition coefficient (Wildman–Crippen LogP) is 2.12. The molecule has 3 heteroatoms. The molecule has 86 valence electrons. The number of ether oxygens (including phenoxy) is 1. The van der Waals surface area contributed by atoms with Gasteiger partial charge in [-0.3, -0.25) is 4.99 Å². The maximum atomic E-state index is 5.48. The number of nitrogens with one attached hydrogen (secondary N) is 1. The molecule has 0 aromatic rings. The second kappa shape index (κ2) is 5.50. The van der Waals surface area contributed by atoms with Crippen LogP contribution in [-0.2, 0) is 4.74 Å². The van der Waals surface area contributed by atoms with Crippen molar-refractivity contribution in [3.8, 4) is 0 Å². The fourth-order valence-electron chi connectivity index (χ4n) is 2.58. The Morgan fingerprint density at radius 3 is 3.00 bits per heavy atom. The van der Waals surface area contributed by atoms with Gasteiger partial charge in [0.2, 0.25) is 0 Å². The summed E-state index contributed by atoms with van der Waals surface area (Å²) < 4.78 is 5.48. The average molecular weight is 210 g/mol. The number of hydrogen-bond acceptors (Lipinski definition) is 3. The van der Waals surface area contributed by atoms with Gasteiger partial charge in [0.25, 0.3) is 0 Å². The lowest BCUT2D eigenvalue weighted by Crippen LogP contribution is -2.40. The van der Waals surface area contributed by atoms with Gasteiger partial charge < -0.3 is 10.1 Å². The van der Waals surface area contributed by atoms with Gasteiger partial charge in [0.15, 0.2) is 0 Å². The Kier molecular flexibility index (Phi) is 4.01. The summed E-state index contributed by atoms with van der Waals surface area (Å²) in [6.45, 7) is 1.01. The van der Waals surface area contributed by atoms with Gasteiger partial charge in [0, 0.05) is 20.1 Å². The van der Waals surface area contributed by atoms with Gasteiger partial charge >= 0.3 is 0 Å². The van der Waals surface area contributed by atoms with Crippen molar-refractivity contribution in [2.75, 3.05) is 13.7 Å². The molecule has 0 aromatic heterocycles. The van der Waals surface area contributed by atoms with Gasteiger partial charge in [0.1, 0.15) is 0 Å². The summed E-state index contributed by atoms with van der Waals surface area (Å²) in [5.41, 5.74) is 0. The molecular formula is C12H22N2O. The van der Waals surface area contributed by atoms with E-state index in [2.05, 4.69) is 10.3 Å². The van der Waals surface area contributed by atoms with E-state index < -0.39 is 0 Å². The smallest absolute Gasteiger partial charge is 0.0966 e. The number of amidine groups is 1. The molecule has 2 unspecified atom stereocenters. The van der Waals surface area contributed by atoms with Crippen LogP contribution >= 0.6 is 0 Å². The molecule has 3 nitrogen and oxygen atoms in total. The fraction of sp³-hybridized carbons (Fsp3) is 0.917. The van der Waals surface area contributed by atoms with Crippen LogP contribution in [0, 0.1) is 0 Å². The number of methoxy groups -OCH3 is 1. The van der Waals surface area contributed by atoms with Crippen LogP contribution in [0.2, 0.25) is 0 Å². The highest BCUT2D eigenvalue weighted by Crippen LogP contribution is 2.22. The minimum absolute atomic E-state index is 0.399. The lowest BCUT2D eigenvalue weighted by molar-refractivity contribution is 0.0906. The monoisotopic (exact) mass is 210 g/mol. The summed E-state index contributed by atoms with van der Waals surface area (Å²) in [4.78, 5) is 4.61. The van der Waals surface area contributed by atoms with Crippen LogP contribution < -0.4 is 5.32 Å². The first-order valence-corrected chi connectivity index (χ1v) is 6.23. The Labute approximate surface area is 92.3 Å². The Balaban J connectivity index is 1.86. The van der Waals surface area contributed by atoms with Gasteiger partial charge in [-0.2, -0.15) is 0 Å².